The third kappa shape index (κ3) is 4.56. The average Bonchev–Trinajstić information content (AvgIpc) is 2.93. The number of carbonyl (C=O) groups excluding carboxylic acids is 1. The number of amides is 1. The van der Waals surface area contributed by atoms with Crippen LogP contribution in [0.15, 0.2) is 29.4 Å². The Hall–Kier alpha value is -1.89. The van der Waals surface area contributed by atoms with Gasteiger partial charge in [-0.25, -0.2) is 0 Å². The quantitative estimate of drug-likeness (QED) is 0.792. The van der Waals surface area contributed by atoms with Crippen LogP contribution < -0.4 is 5.32 Å². The van der Waals surface area contributed by atoms with Crippen LogP contribution in [0.4, 0.5) is 0 Å². The summed E-state index contributed by atoms with van der Waals surface area (Å²) in [5.74, 6) is 0.899. The summed E-state index contributed by atoms with van der Waals surface area (Å²) < 4.78 is 1.67. The van der Waals surface area contributed by atoms with E-state index >= 15 is 0 Å². The number of rotatable bonds is 7. The topological polar surface area (TPSA) is 72.7 Å². The number of aromatic nitrogens is 4. The predicted molar refractivity (Wildman–Crippen MR) is 87.1 cm³/mol. The first-order chi connectivity index (χ1) is 10.6. The first-order valence-corrected chi connectivity index (χ1v) is 8.30. The van der Waals surface area contributed by atoms with Gasteiger partial charge in [0.2, 0.25) is 11.1 Å². The van der Waals surface area contributed by atoms with Gasteiger partial charge in [-0.15, -0.1) is 5.10 Å². The summed E-state index contributed by atoms with van der Waals surface area (Å²) in [6, 6.07) is 7.87. The number of nitrogens with zero attached hydrogens (tertiary/aromatic N) is 4. The monoisotopic (exact) mass is 319 g/mol. The van der Waals surface area contributed by atoms with E-state index in [0.717, 1.165) is 17.7 Å². The van der Waals surface area contributed by atoms with Crippen molar-refractivity contribution >= 4 is 17.7 Å². The van der Waals surface area contributed by atoms with Crippen molar-refractivity contribution in [1.29, 1.82) is 0 Å². The minimum absolute atomic E-state index is 0.00461. The van der Waals surface area contributed by atoms with Crippen LogP contribution in [0, 0.1) is 12.8 Å². The van der Waals surface area contributed by atoms with E-state index in [1.165, 1.54) is 11.8 Å². The Morgan fingerprint density at radius 1 is 1.36 bits per heavy atom. The fourth-order valence-electron chi connectivity index (χ4n) is 1.90. The first kappa shape index (κ1) is 16.5. The number of hydrogen-bond acceptors (Lipinski definition) is 5. The summed E-state index contributed by atoms with van der Waals surface area (Å²) >= 11 is 1.34. The summed E-state index contributed by atoms with van der Waals surface area (Å²) in [6.45, 7) is 6.98. The van der Waals surface area contributed by atoms with Gasteiger partial charge in [0, 0.05) is 6.54 Å². The Labute approximate surface area is 134 Å². The lowest BCUT2D eigenvalue weighted by Crippen LogP contribution is -2.27. The maximum Gasteiger partial charge on any atom is 0.230 e. The Kier molecular flexibility index (Phi) is 5.94. The van der Waals surface area contributed by atoms with E-state index < -0.39 is 0 Å². The maximum absolute atomic E-state index is 11.8. The van der Waals surface area contributed by atoms with Crippen molar-refractivity contribution in [3.05, 3.63) is 29.8 Å². The Bertz CT molecular complexity index is 626. The van der Waals surface area contributed by atoms with Crippen LogP contribution in [0.25, 0.3) is 5.69 Å². The summed E-state index contributed by atoms with van der Waals surface area (Å²) in [7, 11) is 0. The van der Waals surface area contributed by atoms with Crippen LogP contribution in [-0.4, -0.2) is 38.4 Å². The normalized spacial score (nSPS) is 10.9. The third-order valence-electron chi connectivity index (χ3n) is 3.16. The van der Waals surface area contributed by atoms with E-state index in [1.54, 1.807) is 4.68 Å². The average molecular weight is 319 g/mol. The molecule has 1 aromatic carbocycles. The van der Waals surface area contributed by atoms with Gasteiger partial charge in [0.05, 0.1) is 11.4 Å². The smallest absolute Gasteiger partial charge is 0.230 e. The Morgan fingerprint density at radius 2 is 2.14 bits per heavy atom. The van der Waals surface area contributed by atoms with Crippen molar-refractivity contribution < 1.29 is 4.79 Å². The molecule has 0 saturated carbocycles. The third-order valence-corrected chi connectivity index (χ3v) is 4.08. The van der Waals surface area contributed by atoms with Crippen molar-refractivity contribution in [2.75, 3.05) is 12.3 Å². The number of hydrogen-bond donors (Lipinski definition) is 1. The summed E-state index contributed by atoms with van der Waals surface area (Å²) in [5.41, 5.74) is 2.01. The molecular weight excluding hydrogens is 298 g/mol. The van der Waals surface area contributed by atoms with Crippen molar-refractivity contribution in [2.24, 2.45) is 5.92 Å². The second-order valence-electron chi connectivity index (χ2n) is 5.48. The molecule has 1 heterocycles. The molecule has 6 nitrogen and oxygen atoms in total. The molecule has 22 heavy (non-hydrogen) atoms. The van der Waals surface area contributed by atoms with Crippen LogP contribution in [0.5, 0.6) is 0 Å². The molecule has 0 saturated heterocycles. The van der Waals surface area contributed by atoms with Crippen molar-refractivity contribution in [3.63, 3.8) is 0 Å². The van der Waals surface area contributed by atoms with Gasteiger partial charge < -0.3 is 5.32 Å². The van der Waals surface area contributed by atoms with E-state index in [0.29, 0.717) is 23.4 Å². The molecule has 0 aliphatic carbocycles. The van der Waals surface area contributed by atoms with Gasteiger partial charge in [-0.3, -0.25) is 4.79 Å². The van der Waals surface area contributed by atoms with E-state index in [1.807, 2.05) is 31.2 Å². The van der Waals surface area contributed by atoms with Crippen LogP contribution >= 0.6 is 11.8 Å². The Balaban J connectivity index is 1.94. The zero-order valence-corrected chi connectivity index (χ0v) is 13.9. The van der Waals surface area contributed by atoms with Gasteiger partial charge in [0.15, 0.2) is 0 Å². The van der Waals surface area contributed by atoms with E-state index in [9.17, 15) is 4.79 Å². The molecule has 1 aromatic heterocycles. The van der Waals surface area contributed by atoms with Gasteiger partial charge in [0.25, 0.3) is 0 Å². The zero-order valence-electron chi connectivity index (χ0n) is 13.1. The maximum atomic E-state index is 11.8. The lowest BCUT2D eigenvalue weighted by atomic mass is 10.1. The summed E-state index contributed by atoms with van der Waals surface area (Å²) in [6.07, 6.45) is 0.983. The molecule has 1 amide bonds. The second kappa shape index (κ2) is 7.93. The van der Waals surface area contributed by atoms with Gasteiger partial charge in [0.1, 0.15) is 0 Å². The highest BCUT2D eigenvalue weighted by atomic mass is 32.2. The minimum Gasteiger partial charge on any atom is -0.355 e. The lowest BCUT2D eigenvalue weighted by molar-refractivity contribution is -0.118. The molecule has 118 valence electrons. The number of tetrazole rings is 1. The number of carbonyl (C=O) groups is 1. The molecular formula is C15H21N5OS. The molecule has 0 atom stereocenters. The van der Waals surface area contributed by atoms with Crippen LogP contribution in [-0.2, 0) is 4.79 Å². The highest BCUT2D eigenvalue weighted by Crippen LogP contribution is 2.20. The van der Waals surface area contributed by atoms with E-state index in [2.05, 4.69) is 34.7 Å². The molecule has 7 heteroatoms. The van der Waals surface area contributed by atoms with Crippen LogP contribution in [0.2, 0.25) is 0 Å². The Morgan fingerprint density at radius 3 is 2.86 bits per heavy atom. The molecule has 0 aliphatic heterocycles. The van der Waals surface area contributed by atoms with E-state index in [4.69, 9.17) is 0 Å². The van der Waals surface area contributed by atoms with Gasteiger partial charge >= 0.3 is 0 Å². The van der Waals surface area contributed by atoms with Crippen molar-refractivity contribution in [3.8, 4) is 5.69 Å². The minimum atomic E-state index is 0.00461. The fraction of sp³-hybridized carbons (Fsp3) is 0.467. The SMILES string of the molecule is Cc1ccccc1-n1nnnc1SCC(=O)NCCC(C)C. The van der Waals surface area contributed by atoms with Gasteiger partial charge in [-0.2, -0.15) is 4.68 Å². The van der Waals surface area contributed by atoms with Crippen molar-refractivity contribution in [1.82, 2.24) is 25.5 Å². The summed E-state index contributed by atoms with van der Waals surface area (Å²) in [4.78, 5) is 11.8. The van der Waals surface area contributed by atoms with Crippen LogP contribution in [0.1, 0.15) is 25.8 Å². The highest BCUT2D eigenvalue weighted by Gasteiger charge is 2.12. The fourth-order valence-corrected chi connectivity index (χ4v) is 2.62. The molecule has 2 rings (SSSR count). The number of thioether (sulfide) groups is 1. The summed E-state index contributed by atoms with van der Waals surface area (Å²) in [5, 5.41) is 15.3. The largest absolute Gasteiger partial charge is 0.355 e. The molecule has 0 spiro atoms. The van der Waals surface area contributed by atoms with Crippen LogP contribution in [0.3, 0.4) is 0 Å². The molecule has 0 bridgehead atoms. The lowest BCUT2D eigenvalue weighted by Gasteiger charge is -2.08. The number of benzene rings is 1. The molecule has 0 unspecified atom stereocenters. The van der Waals surface area contributed by atoms with Gasteiger partial charge in [-0.05, 0) is 41.3 Å². The predicted octanol–water partition coefficient (Wildman–Crippen LogP) is 2.23. The first-order valence-electron chi connectivity index (χ1n) is 7.32. The number of para-hydroxylation sites is 1. The highest BCUT2D eigenvalue weighted by molar-refractivity contribution is 7.99. The van der Waals surface area contributed by atoms with Crippen molar-refractivity contribution in [2.45, 2.75) is 32.3 Å². The molecule has 0 fully saturated rings. The standard InChI is InChI=1S/C15H21N5OS/c1-11(2)8-9-16-14(21)10-22-15-17-18-19-20(15)13-7-5-4-6-12(13)3/h4-7,11H,8-10H2,1-3H3,(H,16,21). The number of nitrogens with one attached hydrogen (secondary N) is 1. The van der Waals surface area contributed by atoms with Gasteiger partial charge in [-0.1, -0.05) is 43.8 Å². The number of aryl methyl sites for hydroxylation is 1. The molecule has 1 N–H and O–H groups in total. The van der Waals surface area contributed by atoms with E-state index in [-0.39, 0.29) is 5.91 Å². The second-order valence-corrected chi connectivity index (χ2v) is 6.42. The molecule has 0 radical (unpaired) electrons. The zero-order chi connectivity index (χ0) is 15.9. The molecule has 0 aliphatic rings. The molecule has 2 aromatic rings.